The van der Waals surface area contributed by atoms with Crippen LogP contribution in [0.25, 0.3) is 0 Å². The van der Waals surface area contributed by atoms with Crippen molar-refractivity contribution in [2.75, 3.05) is 32.0 Å². The Morgan fingerprint density at radius 1 is 1.35 bits per heavy atom. The normalized spacial score (nSPS) is 23.4. The van der Waals surface area contributed by atoms with E-state index in [0.717, 1.165) is 31.6 Å². The molecule has 0 bridgehead atoms. The zero-order chi connectivity index (χ0) is 13.9. The van der Waals surface area contributed by atoms with Crippen molar-refractivity contribution in [2.24, 2.45) is 0 Å². The lowest BCUT2D eigenvalue weighted by Gasteiger charge is -2.31. The van der Waals surface area contributed by atoms with E-state index in [4.69, 9.17) is 9.47 Å². The van der Waals surface area contributed by atoms with Gasteiger partial charge in [0.05, 0.1) is 12.2 Å². The minimum absolute atomic E-state index is 0.0273. The lowest BCUT2D eigenvalue weighted by atomic mass is 10.1. The zero-order valence-electron chi connectivity index (χ0n) is 11.7. The quantitative estimate of drug-likeness (QED) is 0.830. The van der Waals surface area contributed by atoms with E-state index in [-0.39, 0.29) is 12.1 Å². The van der Waals surface area contributed by atoms with E-state index < -0.39 is 6.10 Å². The molecule has 1 atom stereocenters. The lowest BCUT2D eigenvalue weighted by Crippen LogP contribution is -2.42. The molecule has 0 aromatic heterocycles. The highest BCUT2D eigenvalue weighted by molar-refractivity contribution is 5.78. The standard InChI is InChI=1S/C15H20N2O3/c1-17-8-6-11(7-9-17)19-15(18)14-10-16-12-4-2-3-5-13(12)20-14/h2-5,11,14,16H,6-10H2,1H3. The van der Waals surface area contributed by atoms with Gasteiger partial charge >= 0.3 is 5.97 Å². The number of benzene rings is 1. The molecule has 1 saturated heterocycles. The maximum Gasteiger partial charge on any atom is 0.349 e. The number of nitrogens with zero attached hydrogens (tertiary/aromatic N) is 1. The van der Waals surface area contributed by atoms with Gasteiger partial charge in [-0.25, -0.2) is 4.79 Å². The number of esters is 1. The van der Waals surface area contributed by atoms with Crippen LogP contribution in [0.4, 0.5) is 5.69 Å². The molecule has 2 aliphatic rings. The molecular formula is C15H20N2O3. The molecule has 5 nitrogen and oxygen atoms in total. The molecule has 0 amide bonds. The SMILES string of the molecule is CN1CCC(OC(=O)C2CNc3ccccc3O2)CC1. The Balaban J connectivity index is 1.56. The van der Waals surface area contributed by atoms with Gasteiger partial charge in [-0.3, -0.25) is 0 Å². The van der Waals surface area contributed by atoms with Gasteiger partial charge in [0.25, 0.3) is 0 Å². The molecule has 2 aliphatic heterocycles. The number of anilines is 1. The van der Waals surface area contributed by atoms with E-state index in [9.17, 15) is 4.79 Å². The van der Waals surface area contributed by atoms with Gasteiger partial charge in [0.2, 0.25) is 6.10 Å². The van der Waals surface area contributed by atoms with Crippen LogP contribution in [0, 0.1) is 0 Å². The molecule has 0 saturated carbocycles. The van der Waals surface area contributed by atoms with Crippen molar-refractivity contribution in [3.8, 4) is 5.75 Å². The van der Waals surface area contributed by atoms with Crippen LogP contribution in [0.3, 0.4) is 0 Å². The average Bonchev–Trinajstić information content (AvgIpc) is 2.49. The van der Waals surface area contributed by atoms with Crippen LogP contribution >= 0.6 is 0 Å². The second-order valence-electron chi connectivity index (χ2n) is 5.42. The number of carbonyl (C=O) groups is 1. The molecule has 1 N–H and O–H groups in total. The molecular weight excluding hydrogens is 256 g/mol. The molecule has 3 rings (SSSR count). The summed E-state index contributed by atoms with van der Waals surface area (Å²) < 4.78 is 11.3. The molecule has 0 aliphatic carbocycles. The Bertz CT molecular complexity index is 484. The van der Waals surface area contributed by atoms with Crippen molar-refractivity contribution in [1.29, 1.82) is 0 Å². The maximum atomic E-state index is 12.2. The first-order chi connectivity index (χ1) is 9.72. The van der Waals surface area contributed by atoms with Crippen LogP contribution in [-0.2, 0) is 9.53 Å². The summed E-state index contributed by atoms with van der Waals surface area (Å²) >= 11 is 0. The van der Waals surface area contributed by atoms with Crippen molar-refractivity contribution in [3.63, 3.8) is 0 Å². The zero-order valence-corrected chi connectivity index (χ0v) is 11.7. The van der Waals surface area contributed by atoms with Gasteiger partial charge < -0.3 is 19.7 Å². The molecule has 0 radical (unpaired) electrons. The van der Waals surface area contributed by atoms with Gasteiger partial charge in [0.1, 0.15) is 11.9 Å². The Kier molecular flexibility index (Phi) is 3.78. The number of piperidine rings is 1. The smallest absolute Gasteiger partial charge is 0.349 e. The summed E-state index contributed by atoms with van der Waals surface area (Å²) in [7, 11) is 2.09. The second kappa shape index (κ2) is 5.71. The van der Waals surface area contributed by atoms with Crippen LogP contribution in [0.15, 0.2) is 24.3 Å². The molecule has 5 heteroatoms. The van der Waals surface area contributed by atoms with E-state index in [2.05, 4.69) is 17.3 Å². The largest absolute Gasteiger partial charge is 0.475 e. The Morgan fingerprint density at radius 3 is 2.90 bits per heavy atom. The molecule has 1 aromatic carbocycles. The van der Waals surface area contributed by atoms with Gasteiger partial charge in [0, 0.05) is 13.1 Å². The number of hydrogen-bond donors (Lipinski definition) is 1. The van der Waals surface area contributed by atoms with E-state index in [1.54, 1.807) is 0 Å². The topological polar surface area (TPSA) is 50.8 Å². The van der Waals surface area contributed by atoms with Gasteiger partial charge in [-0.05, 0) is 32.0 Å². The number of hydrogen-bond acceptors (Lipinski definition) is 5. The fourth-order valence-corrected chi connectivity index (χ4v) is 2.59. The average molecular weight is 276 g/mol. The first-order valence-electron chi connectivity index (χ1n) is 7.11. The number of carbonyl (C=O) groups excluding carboxylic acids is 1. The molecule has 1 fully saturated rings. The van der Waals surface area contributed by atoms with Crippen molar-refractivity contribution >= 4 is 11.7 Å². The minimum Gasteiger partial charge on any atom is -0.475 e. The molecule has 2 heterocycles. The van der Waals surface area contributed by atoms with Crippen LogP contribution < -0.4 is 10.1 Å². The highest BCUT2D eigenvalue weighted by atomic mass is 16.6. The van der Waals surface area contributed by atoms with Crippen LogP contribution in [0.5, 0.6) is 5.75 Å². The fourth-order valence-electron chi connectivity index (χ4n) is 2.59. The highest BCUT2D eigenvalue weighted by Crippen LogP contribution is 2.28. The minimum atomic E-state index is -0.551. The van der Waals surface area contributed by atoms with Gasteiger partial charge in [-0.15, -0.1) is 0 Å². The summed E-state index contributed by atoms with van der Waals surface area (Å²) in [6, 6.07) is 7.63. The number of para-hydroxylation sites is 2. The first kappa shape index (κ1) is 13.2. The number of fused-ring (bicyclic) bond motifs is 1. The van der Waals surface area contributed by atoms with E-state index in [1.807, 2.05) is 24.3 Å². The van der Waals surface area contributed by atoms with Crippen molar-refractivity contribution in [2.45, 2.75) is 25.0 Å². The summed E-state index contributed by atoms with van der Waals surface area (Å²) in [5.41, 5.74) is 0.927. The summed E-state index contributed by atoms with van der Waals surface area (Å²) in [6.45, 7) is 2.41. The highest BCUT2D eigenvalue weighted by Gasteiger charge is 2.30. The number of nitrogens with one attached hydrogen (secondary N) is 1. The fraction of sp³-hybridized carbons (Fsp3) is 0.533. The Morgan fingerprint density at radius 2 is 2.10 bits per heavy atom. The van der Waals surface area contributed by atoms with Crippen LogP contribution in [0.2, 0.25) is 0 Å². The summed E-state index contributed by atoms with van der Waals surface area (Å²) in [4.78, 5) is 14.4. The van der Waals surface area contributed by atoms with E-state index >= 15 is 0 Å². The molecule has 1 aromatic rings. The van der Waals surface area contributed by atoms with E-state index in [1.165, 1.54) is 0 Å². The van der Waals surface area contributed by atoms with E-state index in [0.29, 0.717) is 12.3 Å². The molecule has 1 unspecified atom stereocenters. The number of rotatable bonds is 2. The maximum absolute atomic E-state index is 12.2. The third-order valence-electron chi connectivity index (χ3n) is 3.85. The Labute approximate surface area is 118 Å². The number of ether oxygens (including phenoxy) is 2. The van der Waals surface area contributed by atoms with Gasteiger partial charge in [-0.1, -0.05) is 12.1 Å². The van der Waals surface area contributed by atoms with Crippen LogP contribution in [0.1, 0.15) is 12.8 Å². The second-order valence-corrected chi connectivity index (χ2v) is 5.42. The molecule has 20 heavy (non-hydrogen) atoms. The van der Waals surface area contributed by atoms with Crippen molar-refractivity contribution < 1.29 is 14.3 Å². The summed E-state index contributed by atoms with van der Waals surface area (Å²) in [5, 5.41) is 3.20. The van der Waals surface area contributed by atoms with Gasteiger partial charge in [-0.2, -0.15) is 0 Å². The molecule has 0 spiro atoms. The third kappa shape index (κ3) is 2.88. The third-order valence-corrected chi connectivity index (χ3v) is 3.85. The first-order valence-corrected chi connectivity index (χ1v) is 7.11. The molecule has 108 valence electrons. The predicted molar refractivity (Wildman–Crippen MR) is 76.0 cm³/mol. The lowest BCUT2D eigenvalue weighted by molar-refractivity contribution is -0.159. The van der Waals surface area contributed by atoms with Gasteiger partial charge in [0.15, 0.2) is 0 Å². The van der Waals surface area contributed by atoms with Crippen molar-refractivity contribution in [1.82, 2.24) is 4.90 Å². The van der Waals surface area contributed by atoms with Crippen molar-refractivity contribution in [3.05, 3.63) is 24.3 Å². The summed E-state index contributed by atoms with van der Waals surface area (Å²) in [5.74, 6) is 0.450. The Hall–Kier alpha value is -1.75. The predicted octanol–water partition coefficient (Wildman–Crippen LogP) is 1.50. The summed E-state index contributed by atoms with van der Waals surface area (Å²) in [6.07, 6.45) is 1.28. The monoisotopic (exact) mass is 276 g/mol. The number of likely N-dealkylation sites (tertiary alicyclic amines) is 1. The van der Waals surface area contributed by atoms with Crippen LogP contribution in [-0.4, -0.2) is 49.8 Å².